The molecule has 0 aliphatic carbocycles. The number of aromatic nitrogens is 4. The Kier molecular flexibility index (Phi) is 7.14. The summed E-state index contributed by atoms with van der Waals surface area (Å²) in [7, 11) is -2.11. The van der Waals surface area contributed by atoms with Crippen molar-refractivity contribution in [1.82, 2.24) is 19.3 Å². The zero-order chi connectivity index (χ0) is 22.9. The lowest BCUT2D eigenvalue weighted by molar-refractivity contribution is 0.269. The van der Waals surface area contributed by atoms with Gasteiger partial charge in [0.2, 0.25) is 14.1 Å². The molecule has 0 unspecified atom stereocenters. The van der Waals surface area contributed by atoms with Gasteiger partial charge in [0.1, 0.15) is 5.82 Å². The fraction of sp³-hybridized carbons (Fsp3) is 0.500. The third-order valence-corrected chi connectivity index (χ3v) is 12.7. The Bertz CT molecular complexity index is 1090. The van der Waals surface area contributed by atoms with Gasteiger partial charge in [0.05, 0.1) is 22.2 Å². The van der Waals surface area contributed by atoms with E-state index in [4.69, 9.17) is 20.6 Å². The lowest BCUT2D eigenvalue weighted by Crippen LogP contribution is -2.47. The van der Waals surface area contributed by atoms with Crippen LogP contribution in [0.1, 0.15) is 46.4 Å². The summed E-state index contributed by atoms with van der Waals surface area (Å²) in [6.07, 6.45) is 0. The van der Waals surface area contributed by atoms with Gasteiger partial charge in [-0.2, -0.15) is 0 Å². The van der Waals surface area contributed by atoms with Crippen LogP contribution < -0.4 is 5.76 Å². The molecular formula is C20H26ClFN4O3SSi. The van der Waals surface area contributed by atoms with E-state index in [9.17, 15) is 9.18 Å². The molecule has 0 fully saturated rings. The topological polar surface area (TPSA) is 83.0 Å². The summed E-state index contributed by atoms with van der Waals surface area (Å²) in [5, 5.41) is 7.96. The standard InChI is InChI=1S/C20H26ClFN4O3SSi/c1-11(2)31(12(3)4,13(5)6)28-10-17-18(23-25-30-17)19-24-29-20(27)26(19)14-7-8-16(22)15(21)9-14/h7-9,11-13H,10H2,1-6H3. The van der Waals surface area contributed by atoms with Crippen molar-refractivity contribution in [1.29, 1.82) is 0 Å². The van der Waals surface area contributed by atoms with Crippen LogP contribution in [0.25, 0.3) is 17.2 Å². The molecule has 0 saturated heterocycles. The number of hydrogen-bond acceptors (Lipinski definition) is 7. The molecule has 11 heteroatoms. The minimum atomic E-state index is -2.11. The number of halogens is 2. The van der Waals surface area contributed by atoms with Gasteiger partial charge in [-0.3, -0.25) is 4.52 Å². The fourth-order valence-electron chi connectivity index (χ4n) is 4.42. The van der Waals surface area contributed by atoms with E-state index >= 15 is 0 Å². The first-order valence-electron chi connectivity index (χ1n) is 10.1. The molecule has 1 aromatic carbocycles. The summed E-state index contributed by atoms with van der Waals surface area (Å²) in [5.74, 6) is -1.14. The number of benzene rings is 1. The Hall–Kier alpha value is -1.88. The zero-order valence-corrected chi connectivity index (χ0v) is 20.9. The molecule has 0 bridgehead atoms. The van der Waals surface area contributed by atoms with Crippen molar-refractivity contribution in [2.45, 2.75) is 64.8 Å². The molecule has 3 aromatic rings. The van der Waals surface area contributed by atoms with E-state index in [1.54, 1.807) is 0 Å². The molecule has 0 spiro atoms. The van der Waals surface area contributed by atoms with E-state index in [2.05, 4.69) is 56.3 Å². The molecule has 3 rings (SSSR count). The summed E-state index contributed by atoms with van der Waals surface area (Å²) >= 11 is 7.09. The molecule has 168 valence electrons. The van der Waals surface area contributed by atoms with Crippen LogP contribution in [0.5, 0.6) is 0 Å². The predicted molar refractivity (Wildman–Crippen MR) is 122 cm³/mol. The molecule has 0 saturated carbocycles. The van der Waals surface area contributed by atoms with Crippen LogP contribution in [0.15, 0.2) is 27.5 Å². The molecule has 2 heterocycles. The summed E-state index contributed by atoms with van der Waals surface area (Å²) in [4.78, 5) is 13.1. The minimum absolute atomic E-state index is 0.113. The number of hydrogen-bond donors (Lipinski definition) is 0. The summed E-state index contributed by atoms with van der Waals surface area (Å²) in [6.45, 7) is 13.6. The molecule has 2 aromatic heterocycles. The van der Waals surface area contributed by atoms with Gasteiger partial charge >= 0.3 is 5.76 Å². The van der Waals surface area contributed by atoms with Crippen molar-refractivity contribution < 1.29 is 13.3 Å². The van der Waals surface area contributed by atoms with E-state index in [1.807, 2.05) is 0 Å². The predicted octanol–water partition coefficient (Wildman–Crippen LogP) is 5.83. The van der Waals surface area contributed by atoms with Gasteiger partial charge in [-0.05, 0) is 46.4 Å². The van der Waals surface area contributed by atoms with E-state index in [-0.39, 0.29) is 10.8 Å². The molecule has 7 nitrogen and oxygen atoms in total. The maximum absolute atomic E-state index is 13.6. The smallest absolute Gasteiger partial charge is 0.411 e. The first-order valence-corrected chi connectivity index (χ1v) is 13.4. The second-order valence-corrected chi connectivity index (χ2v) is 15.1. The SMILES string of the molecule is CC(C)[Si](OCc1snnc1-c1noc(=O)n1-c1ccc(F)c(Cl)c1)(C(C)C)C(C)C. The molecule has 31 heavy (non-hydrogen) atoms. The maximum Gasteiger partial charge on any atom is 0.446 e. The zero-order valence-electron chi connectivity index (χ0n) is 18.3. The second kappa shape index (κ2) is 9.31. The van der Waals surface area contributed by atoms with Crippen molar-refractivity contribution in [3.63, 3.8) is 0 Å². The van der Waals surface area contributed by atoms with Crippen LogP contribution in [0, 0.1) is 5.82 Å². The number of nitrogens with zero attached hydrogens (tertiary/aromatic N) is 4. The fourth-order valence-corrected chi connectivity index (χ4v) is 10.6. The highest BCUT2D eigenvalue weighted by Crippen LogP contribution is 2.43. The largest absolute Gasteiger partial charge is 0.446 e. The Balaban J connectivity index is 2.00. The molecule has 0 atom stereocenters. The summed E-state index contributed by atoms with van der Waals surface area (Å²) < 4.78 is 30.4. The van der Waals surface area contributed by atoms with Gasteiger partial charge in [-0.25, -0.2) is 13.8 Å². The lowest BCUT2D eigenvalue weighted by atomic mass is 10.3. The molecule has 0 aliphatic rings. The van der Waals surface area contributed by atoms with Gasteiger partial charge in [0.25, 0.3) is 0 Å². The summed E-state index contributed by atoms with van der Waals surface area (Å²) in [6, 6.07) is 3.94. The van der Waals surface area contributed by atoms with E-state index in [1.165, 1.54) is 34.3 Å². The molecule has 0 aliphatic heterocycles. The second-order valence-electron chi connectivity index (χ2n) is 8.36. The van der Waals surface area contributed by atoms with Crippen molar-refractivity contribution in [2.24, 2.45) is 0 Å². The van der Waals surface area contributed by atoms with Crippen molar-refractivity contribution >= 4 is 31.5 Å². The first kappa shape index (κ1) is 23.8. The van der Waals surface area contributed by atoms with Gasteiger partial charge in [-0.15, -0.1) is 5.10 Å². The van der Waals surface area contributed by atoms with Crippen LogP contribution in [-0.4, -0.2) is 27.6 Å². The van der Waals surface area contributed by atoms with E-state index in [0.29, 0.717) is 34.6 Å². The van der Waals surface area contributed by atoms with Crippen LogP contribution in [-0.2, 0) is 11.0 Å². The highest BCUT2D eigenvalue weighted by atomic mass is 35.5. The minimum Gasteiger partial charge on any atom is -0.411 e. The Morgan fingerprint density at radius 1 is 1.19 bits per heavy atom. The Labute approximate surface area is 190 Å². The van der Waals surface area contributed by atoms with Gasteiger partial charge in [0, 0.05) is 0 Å². The van der Waals surface area contributed by atoms with Crippen LogP contribution in [0.3, 0.4) is 0 Å². The molecule has 0 N–H and O–H groups in total. The quantitative estimate of drug-likeness (QED) is 0.374. The highest BCUT2D eigenvalue weighted by molar-refractivity contribution is 7.06. The third kappa shape index (κ3) is 4.39. The van der Waals surface area contributed by atoms with Gasteiger partial charge in [0.15, 0.2) is 5.69 Å². The van der Waals surface area contributed by atoms with Crippen LogP contribution in [0.2, 0.25) is 21.6 Å². The first-order chi connectivity index (χ1) is 14.6. The van der Waals surface area contributed by atoms with E-state index in [0.717, 1.165) is 4.88 Å². The van der Waals surface area contributed by atoms with Crippen LogP contribution >= 0.6 is 23.1 Å². The van der Waals surface area contributed by atoms with Crippen molar-refractivity contribution in [3.8, 4) is 17.2 Å². The number of rotatable bonds is 8. The van der Waals surface area contributed by atoms with Gasteiger partial charge < -0.3 is 4.43 Å². The Morgan fingerprint density at radius 2 is 1.84 bits per heavy atom. The average molecular weight is 485 g/mol. The van der Waals surface area contributed by atoms with Gasteiger partial charge in [-0.1, -0.05) is 62.8 Å². The lowest BCUT2D eigenvalue weighted by Gasteiger charge is -2.42. The average Bonchev–Trinajstić information content (AvgIpc) is 3.30. The molecule has 0 radical (unpaired) electrons. The normalized spacial score (nSPS) is 12.5. The Morgan fingerprint density at radius 3 is 2.42 bits per heavy atom. The maximum atomic E-state index is 13.6. The van der Waals surface area contributed by atoms with E-state index < -0.39 is 19.9 Å². The van der Waals surface area contributed by atoms with Crippen molar-refractivity contribution in [3.05, 3.63) is 44.5 Å². The van der Waals surface area contributed by atoms with Crippen LogP contribution in [0.4, 0.5) is 4.39 Å². The molecule has 0 amide bonds. The molecular weight excluding hydrogens is 459 g/mol. The third-order valence-electron chi connectivity index (χ3n) is 5.69. The monoisotopic (exact) mass is 484 g/mol. The van der Waals surface area contributed by atoms with Crippen molar-refractivity contribution in [2.75, 3.05) is 0 Å². The highest BCUT2D eigenvalue weighted by Gasteiger charge is 2.45. The summed E-state index contributed by atoms with van der Waals surface area (Å²) in [5.41, 5.74) is 1.98.